The van der Waals surface area contributed by atoms with Gasteiger partial charge >= 0.3 is 0 Å². The van der Waals surface area contributed by atoms with Crippen molar-refractivity contribution < 1.29 is 13.2 Å². The normalized spacial score (nSPS) is 14.3. The highest BCUT2D eigenvalue weighted by molar-refractivity contribution is 7.91. The Morgan fingerprint density at radius 3 is 2.38 bits per heavy atom. The average molecular weight is 251 g/mol. The van der Waals surface area contributed by atoms with Gasteiger partial charge in [0, 0.05) is 13.2 Å². The maximum absolute atomic E-state index is 11.8. The van der Waals surface area contributed by atoms with E-state index in [1.165, 1.54) is 0 Å². The molecule has 0 aromatic rings. The molecular weight excluding hydrogens is 226 g/mol. The van der Waals surface area contributed by atoms with Crippen molar-refractivity contribution >= 4 is 9.84 Å². The fraction of sp³-hybridized carbons (Fsp3) is 1.00. The van der Waals surface area contributed by atoms with E-state index in [0.29, 0.717) is 12.5 Å². The molecule has 0 saturated carbocycles. The lowest BCUT2D eigenvalue weighted by atomic mass is 10.2. The molecule has 0 heterocycles. The highest BCUT2D eigenvalue weighted by Gasteiger charge is 2.18. The van der Waals surface area contributed by atoms with Gasteiger partial charge in [-0.05, 0) is 18.9 Å². The summed E-state index contributed by atoms with van der Waals surface area (Å²) in [7, 11) is -1.37. The van der Waals surface area contributed by atoms with E-state index < -0.39 is 9.84 Å². The second-order valence-corrected chi connectivity index (χ2v) is 6.74. The molecule has 0 fully saturated rings. The maximum Gasteiger partial charge on any atom is 0.151 e. The van der Waals surface area contributed by atoms with Crippen molar-refractivity contribution in [2.75, 3.05) is 31.8 Å². The molecule has 0 radical (unpaired) electrons. The van der Waals surface area contributed by atoms with Gasteiger partial charge in [-0.3, -0.25) is 0 Å². The van der Waals surface area contributed by atoms with E-state index in [4.69, 9.17) is 4.74 Å². The molecule has 0 bridgehead atoms. The fourth-order valence-electron chi connectivity index (χ4n) is 1.46. The summed E-state index contributed by atoms with van der Waals surface area (Å²) in [5.41, 5.74) is 0. The molecule has 0 aromatic heterocycles. The molecule has 5 heteroatoms. The van der Waals surface area contributed by atoms with Crippen LogP contribution in [0.4, 0.5) is 0 Å². The third-order valence-corrected chi connectivity index (χ3v) is 4.09. The summed E-state index contributed by atoms with van der Waals surface area (Å²) in [5, 5.41) is 3.12. The lowest BCUT2D eigenvalue weighted by Gasteiger charge is -2.17. The number of sulfone groups is 1. The van der Waals surface area contributed by atoms with Crippen LogP contribution < -0.4 is 5.32 Å². The minimum Gasteiger partial charge on any atom is -0.383 e. The van der Waals surface area contributed by atoms with E-state index in [2.05, 4.69) is 5.32 Å². The van der Waals surface area contributed by atoms with Crippen molar-refractivity contribution in [1.82, 2.24) is 5.32 Å². The zero-order chi connectivity index (χ0) is 12.6. The summed E-state index contributed by atoms with van der Waals surface area (Å²) in [6.07, 6.45) is 0.730. The Bertz CT molecular complexity index is 256. The zero-order valence-electron chi connectivity index (χ0n) is 10.8. The van der Waals surface area contributed by atoms with Crippen LogP contribution in [0.1, 0.15) is 27.2 Å². The summed E-state index contributed by atoms with van der Waals surface area (Å²) < 4.78 is 28.6. The van der Waals surface area contributed by atoms with Crippen LogP contribution in [0.15, 0.2) is 0 Å². The minimum absolute atomic E-state index is 0.0906. The number of rotatable bonds is 9. The number of likely N-dealkylation sites (N-methyl/N-ethyl adjacent to an activating group) is 1. The molecule has 0 aromatic carbocycles. The average Bonchev–Trinajstić information content (AvgIpc) is 2.15. The van der Waals surface area contributed by atoms with Crippen LogP contribution >= 0.6 is 0 Å². The van der Waals surface area contributed by atoms with Crippen LogP contribution in [-0.4, -0.2) is 46.2 Å². The van der Waals surface area contributed by atoms with E-state index in [1.807, 2.05) is 20.8 Å². The van der Waals surface area contributed by atoms with Gasteiger partial charge < -0.3 is 10.1 Å². The van der Waals surface area contributed by atoms with Gasteiger partial charge in [0.2, 0.25) is 0 Å². The third-order valence-electron chi connectivity index (χ3n) is 2.32. The van der Waals surface area contributed by atoms with Crippen molar-refractivity contribution in [2.45, 2.75) is 33.2 Å². The lowest BCUT2D eigenvalue weighted by Crippen LogP contribution is -2.39. The third kappa shape index (κ3) is 8.07. The van der Waals surface area contributed by atoms with Gasteiger partial charge in [0.05, 0.1) is 18.1 Å². The SMILES string of the molecule is CCNC(COC)CS(=O)(=O)CCC(C)C. The first-order chi connectivity index (χ1) is 7.41. The molecule has 16 heavy (non-hydrogen) atoms. The molecule has 0 aliphatic carbocycles. The van der Waals surface area contributed by atoms with Crippen molar-refractivity contribution in [3.63, 3.8) is 0 Å². The summed E-state index contributed by atoms with van der Waals surface area (Å²) in [4.78, 5) is 0. The molecule has 0 saturated heterocycles. The number of ether oxygens (including phenoxy) is 1. The predicted octanol–water partition coefficient (Wildman–Crippen LogP) is 1.07. The Morgan fingerprint density at radius 2 is 1.94 bits per heavy atom. The molecule has 0 rings (SSSR count). The largest absolute Gasteiger partial charge is 0.383 e. The standard InChI is InChI=1S/C11H25NO3S/c1-5-12-11(8-15-4)9-16(13,14)7-6-10(2)3/h10-12H,5-9H2,1-4H3. The minimum atomic E-state index is -2.96. The first-order valence-electron chi connectivity index (χ1n) is 5.84. The molecule has 0 amide bonds. The lowest BCUT2D eigenvalue weighted by molar-refractivity contribution is 0.174. The number of nitrogens with one attached hydrogen (secondary N) is 1. The van der Waals surface area contributed by atoms with E-state index in [1.54, 1.807) is 7.11 Å². The topological polar surface area (TPSA) is 55.4 Å². The van der Waals surface area contributed by atoms with Gasteiger partial charge in [-0.1, -0.05) is 20.8 Å². The molecule has 1 atom stereocenters. The second kappa shape index (κ2) is 8.03. The fourth-order valence-corrected chi connectivity index (χ4v) is 3.29. The van der Waals surface area contributed by atoms with Gasteiger partial charge in [0.25, 0.3) is 0 Å². The first kappa shape index (κ1) is 15.9. The summed E-state index contributed by atoms with van der Waals surface area (Å²) in [6.45, 7) is 7.23. The summed E-state index contributed by atoms with van der Waals surface area (Å²) in [6, 6.07) is -0.0906. The Kier molecular flexibility index (Phi) is 7.97. The molecule has 1 unspecified atom stereocenters. The second-order valence-electron chi connectivity index (χ2n) is 4.51. The molecule has 98 valence electrons. The quantitative estimate of drug-likeness (QED) is 0.666. The highest BCUT2D eigenvalue weighted by atomic mass is 32.2. The van der Waals surface area contributed by atoms with Crippen LogP contribution in [0.5, 0.6) is 0 Å². The van der Waals surface area contributed by atoms with Crippen molar-refractivity contribution in [3.8, 4) is 0 Å². The molecular formula is C11H25NO3S. The van der Waals surface area contributed by atoms with Crippen LogP contribution in [0.25, 0.3) is 0 Å². The van der Waals surface area contributed by atoms with Gasteiger partial charge in [0.1, 0.15) is 0 Å². The monoisotopic (exact) mass is 251 g/mol. The molecule has 1 N–H and O–H groups in total. The van der Waals surface area contributed by atoms with Gasteiger partial charge in [-0.15, -0.1) is 0 Å². The van der Waals surface area contributed by atoms with Crippen molar-refractivity contribution in [1.29, 1.82) is 0 Å². The van der Waals surface area contributed by atoms with Gasteiger partial charge in [-0.2, -0.15) is 0 Å². The molecule has 0 aliphatic heterocycles. The van der Waals surface area contributed by atoms with E-state index in [9.17, 15) is 8.42 Å². The smallest absolute Gasteiger partial charge is 0.151 e. The Hall–Kier alpha value is -0.130. The van der Waals surface area contributed by atoms with Gasteiger partial charge in [0.15, 0.2) is 9.84 Å². The number of hydrogen-bond donors (Lipinski definition) is 1. The number of methoxy groups -OCH3 is 1. The van der Waals surface area contributed by atoms with Crippen molar-refractivity contribution in [2.24, 2.45) is 5.92 Å². The maximum atomic E-state index is 11.8. The molecule has 4 nitrogen and oxygen atoms in total. The highest BCUT2D eigenvalue weighted by Crippen LogP contribution is 2.05. The van der Waals surface area contributed by atoms with E-state index in [-0.39, 0.29) is 17.5 Å². The number of hydrogen-bond acceptors (Lipinski definition) is 4. The zero-order valence-corrected chi connectivity index (χ0v) is 11.6. The predicted molar refractivity (Wildman–Crippen MR) is 67.4 cm³/mol. The Morgan fingerprint density at radius 1 is 1.31 bits per heavy atom. The molecule has 0 aliphatic rings. The first-order valence-corrected chi connectivity index (χ1v) is 7.66. The van der Waals surface area contributed by atoms with Crippen LogP contribution in [0.2, 0.25) is 0 Å². The van der Waals surface area contributed by atoms with Crippen LogP contribution in [0.3, 0.4) is 0 Å². The summed E-state index contributed by atoms with van der Waals surface area (Å²) >= 11 is 0. The molecule has 0 spiro atoms. The summed E-state index contributed by atoms with van der Waals surface area (Å²) in [5.74, 6) is 0.868. The van der Waals surface area contributed by atoms with Crippen LogP contribution in [-0.2, 0) is 14.6 Å². The van der Waals surface area contributed by atoms with Gasteiger partial charge in [-0.25, -0.2) is 8.42 Å². The Balaban J connectivity index is 4.18. The van der Waals surface area contributed by atoms with Crippen molar-refractivity contribution in [3.05, 3.63) is 0 Å². The van der Waals surface area contributed by atoms with E-state index >= 15 is 0 Å². The van der Waals surface area contributed by atoms with Crippen LogP contribution in [0, 0.1) is 5.92 Å². The van der Waals surface area contributed by atoms with E-state index in [0.717, 1.165) is 13.0 Å². The Labute approximate surface area is 99.7 Å².